The van der Waals surface area contributed by atoms with Crippen molar-refractivity contribution in [1.82, 2.24) is 5.32 Å². The van der Waals surface area contributed by atoms with Crippen molar-refractivity contribution in [3.8, 4) is 0 Å². The van der Waals surface area contributed by atoms with Crippen LogP contribution in [0, 0.1) is 0 Å². The number of rotatable bonds is 45. The summed E-state index contributed by atoms with van der Waals surface area (Å²) in [4.78, 5) is 12.4. The number of aliphatic hydroxyl groups is 2. The first-order chi connectivity index (χ1) is 27.7. The van der Waals surface area contributed by atoms with Crippen LogP contribution in [-0.2, 0) is 4.79 Å². The number of aliphatic hydroxyl groups excluding tert-OH is 2. The second kappa shape index (κ2) is 47.7. The van der Waals surface area contributed by atoms with Crippen LogP contribution in [-0.4, -0.2) is 34.9 Å². The van der Waals surface area contributed by atoms with E-state index in [4.69, 9.17) is 0 Å². The zero-order chi connectivity index (χ0) is 40.7. The Balaban J connectivity index is 3.50. The molecule has 0 rings (SSSR count). The molecule has 0 saturated heterocycles. The van der Waals surface area contributed by atoms with Crippen LogP contribution in [0.15, 0.2) is 48.6 Å². The fourth-order valence-corrected chi connectivity index (χ4v) is 7.59. The number of hydrogen-bond acceptors (Lipinski definition) is 3. The second-order valence-electron chi connectivity index (χ2n) is 16.9. The quantitative estimate of drug-likeness (QED) is 0.0425. The molecule has 1 amide bonds. The predicted octanol–water partition coefficient (Wildman–Crippen LogP) is 15.9. The zero-order valence-electron chi connectivity index (χ0n) is 37.7. The van der Waals surface area contributed by atoms with Gasteiger partial charge in [-0.25, -0.2) is 0 Å². The average molecular weight is 784 g/mol. The van der Waals surface area contributed by atoms with Crippen LogP contribution < -0.4 is 5.32 Å². The van der Waals surface area contributed by atoms with Gasteiger partial charge < -0.3 is 15.5 Å². The van der Waals surface area contributed by atoms with Crippen molar-refractivity contribution in [2.45, 2.75) is 270 Å². The Hall–Kier alpha value is -1.65. The molecule has 0 aromatic carbocycles. The van der Waals surface area contributed by atoms with Gasteiger partial charge in [-0.2, -0.15) is 0 Å². The van der Waals surface area contributed by atoms with Crippen LogP contribution >= 0.6 is 0 Å². The smallest absolute Gasteiger partial charge is 0.220 e. The van der Waals surface area contributed by atoms with Gasteiger partial charge >= 0.3 is 0 Å². The molecule has 0 aromatic heterocycles. The molecule has 0 bridgehead atoms. The lowest BCUT2D eigenvalue weighted by molar-refractivity contribution is -0.123. The molecule has 2 atom stereocenters. The van der Waals surface area contributed by atoms with E-state index >= 15 is 0 Å². The van der Waals surface area contributed by atoms with E-state index in [1.807, 2.05) is 0 Å². The molecule has 0 aromatic rings. The van der Waals surface area contributed by atoms with Gasteiger partial charge in [0.25, 0.3) is 0 Å². The molecule has 0 spiro atoms. The highest BCUT2D eigenvalue weighted by Gasteiger charge is 2.20. The number of hydrogen-bond donors (Lipinski definition) is 3. The molecule has 2 unspecified atom stereocenters. The second-order valence-corrected chi connectivity index (χ2v) is 16.9. The molecule has 0 aliphatic rings. The summed E-state index contributed by atoms with van der Waals surface area (Å²) in [5.74, 6) is -0.0442. The number of unbranched alkanes of at least 4 members (excludes halogenated alkanes) is 30. The average Bonchev–Trinajstić information content (AvgIpc) is 3.20. The van der Waals surface area contributed by atoms with Gasteiger partial charge in [-0.15, -0.1) is 0 Å². The first kappa shape index (κ1) is 54.3. The Labute approximate surface area is 350 Å². The molecule has 4 nitrogen and oxygen atoms in total. The number of amides is 1. The van der Waals surface area contributed by atoms with Crippen molar-refractivity contribution in [3.05, 3.63) is 48.6 Å². The topological polar surface area (TPSA) is 69.6 Å². The van der Waals surface area contributed by atoms with Crippen molar-refractivity contribution in [1.29, 1.82) is 0 Å². The molecule has 4 heteroatoms. The van der Waals surface area contributed by atoms with E-state index in [0.717, 1.165) is 64.2 Å². The van der Waals surface area contributed by atoms with Crippen LogP contribution in [0.2, 0.25) is 0 Å². The predicted molar refractivity (Wildman–Crippen MR) is 248 cm³/mol. The Morgan fingerprint density at radius 1 is 0.446 bits per heavy atom. The molecule has 0 radical (unpaired) electrons. The van der Waals surface area contributed by atoms with E-state index in [0.29, 0.717) is 12.8 Å². The third-order valence-electron chi connectivity index (χ3n) is 11.4. The first-order valence-electron chi connectivity index (χ1n) is 24.8. The maximum Gasteiger partial charge on any atom is 0.220 e. The normalized spacial score (nSPS) is 13.3. The largest absolute Gasteiger partial charge is 0.394 e. The van der Waals surface area contributed by atoms with Crippen LogP contribution in [0.25, 0.3) is 0 Å². The molecule has 56 heavy (non-hydrogen) atoms. The fourth-order valence-electron chi connectivity index (χ4n) is 7.59. The monoisotopic (exact) mass is 784 g/mol. The van der Waals surface area contributed by atoms with Gasteiger partial charge in [0.15, 0.2) is 0 Å². The third kappa shape index (κ3) is 43.5. The van der Waals surface area contributed by atoms with Gasteiger partial charge in [-0.3, -0.25) is 4.79 Å². The SMILES string of the molecule is CC/C=C\C/C=C\C/C=C\C/C=C\CCCCCCCCC(=O)NC(CO)C(O)CCCCCCCCCCCCCCCCCCCCCCCCCCC. The summed E-state index contributed by atoms with van der Waals surface area (Å²) in [7, 11) is 0. The lowest BCUT2D eigenvalue weighted by Gasteiger charge is -2.22. The molecule has 0 fully saturated rings. The van der Waals surface area contributed by atoms with E-state index in [9.17, 15) is 15.0 Å². The lowest BCUT2D eigenvalue weighted by atomic mass is 10.0. The van der Waals surface area contributed by atoms with Gasteiger partial charge in [0.2, 0.25) is 5.91 Å². The molecule has 0 saturated carbocycles. The zero-order valence-corrected chi connectivity index (χ0v) is 37.7. The van der Waals surface area contributed by atoms with Crippen LogP contribution in [0.3, 0.4) is 0 Å². The van der Waals surface area contributed by atoms with Crippen LogP contribution in [0.1, 0.15) is 258 Å². The van der Waals surface area contributed by atoms with Crippen molar-refractivity contribution in [2.24, 2.45) is 0 Å². The van der Waals surface area contributed by atoms with E-state index in [-0.39, 0.29) is 12.5 Å². The van der Waals surface area contributed by atoms with Crippen molar-refractivity contribution >= 4 is 5.91 Å². The first-order valence-corrected chi connectivity index (χ1v) is 24.8. The van der Waals surface area contributed by atoms with Gasteiger partial charge in [0.1, 0.15) is 0 Å². The highest BCUT2D eigenvalue weighted by atomic mass is 16.3. The Morgan fingerprint density at radius 2 is 0.786 bits per heavy atom. The molecular weight excluding hydrogens is 687 g/mol. The molecule has 328 valence electrons. The van der Waals surface area contributed by atoms with Crippen molar-refractivity contribution < 1.29 is 15.0 Å². The summed E-state index contributed by atoms with van der Waals surface area (Å²) in [6, 6.07) is -0.546. The number of carbonyl (C=O) groups is 1. The maximum atomic E-state index is 12.4. The standard InChI is InChI=1S/C52H97NO3/c1-3-5-7-9-11-13-15-17-19-21-23-24-25-26-27-28-30-31-33-35-37-39-41-43-45-47-51(55)50(49-54)53-52(56)48-46-44-42-40-38-36-34-32-29-22-20-18-16-14-12-10-8-6-4-2/h6,8,12,14,18,20,29,32,50-51,54-55H,3-5,7,9-11,13,15-17,19,21-28,30-31,33-49H2,1-2H3,(H,53,56)/b8-6-,14-12-,20-18-,32-29-. The van der Waals surface area contributed by atoms with E-state index in [2.05, 4.69) is 67.8 Å². The highest BCUT2D eigenvalue weighted by molar-refractivity contribution is 5.76. The molecular formula is C52H97NO3. The third-order valence-corrected chi connectivity index (χ3v) is 11.4. The minimum absolute atomic E-state index is 0.0442. The molecule has 0 heterocycles. The number of allylic oxidation sites excluding steroid dienone is 8. The van der Waals surface area contributed by atoms with Crippen LogP contribution in [0.4, 0.5) is 0 Å². The Kier molecular flexibility index (Phi) is 46.3. The lowest BCUT2D eigenvalue weighted by Crippen LogP contribution is -2.45. The van der Waals surface area contributed by atoms with Gasteiger partial charge in [0.05, 0.1) is 18.8 Å². The maximum absolute atomic E-state index is 12.4. The number of carbonyl (C=O) groups excluding carboxylic acids is 1. The summed E-state index contributed by atoms with van der Waals surface area (Å²) in [5.41, 5.74) is 0. The fraction of sp³-hybridized carbons (Fsp3) is 0.827. The van der Waals surface area contributed by atoms with E-state index in [1.54, 1.807) is 0 Å². The summed E-state index contributed by atoms with van der Waals surface area (Å²) >= 11 is 0. The molecule has 0 aliphatic carbocycles. The summed E-state index contributed by atoms with van der Waals surface area (Å²) in [6.45, 7) is 4.26. The molecule has 3 N–H and O–H groups in total. The summed E-state index contributed by atoms with van der Waals surface area (Å²) < 4.78 is 0. The van der Waals surface area contributed by atoms with Crippen LogP contribution in [0.5, 0.6) is 0 Å². The van der Waals surface area contributed by atoms with E-state index in [1.165, 1.54) is 167 Å². The van der Waals surface area contributed by atoms with Gasteiger partial charge in [-0.05, 0) is 51.4 Å². The van der Waals surface area contributed by atoms with E-state index < -0.39 is 12.1 Å². The minimum Gasteiger partial charge on any atom is -0.394 e. The van der Waals surface area contributed by atoms with Crippen molar-refractivity contribution in [2.75, 3.05) is 6.61 Å². The minimum atomic E-state index is -0.668. The number of nitrogens with one attached hydrogen (secondary N) is 1. The van der Waals surface area contributed by atoms with Crippen molar-refractivity contribution in [3.63, 3.8) is 0 Å². The summed E-state index contributed by atoms with van der Waals surface area (Å²) in [6.07, 6.45) is 65.0. The Bertz CT molecular complexity index is 893. The summed E-state index contributed by atoms with van der Waals surface area (Å²) in [5, 5.41) is 23.3. The molecule has 0 aliphatic heterocycles. The highest BCUT2D eigenvalue weighted by Crippen LogP contribution is 2.17. The van der Waals surface area contributed by atoms with Gasteiger partial charge in [0, 0.05) is 6.42 Å². The Morgan fingerprint density at radius 3 is 1.18 bits per heavy atom. The van der Waals surface area contributed by atoms with Gasteiger partial charge in [-0.1, -0.05) is 249 Å².